The molecular weight excluding hydrogens is 456 g/mol. The Hall–Kier alpha value is -4.11. The summed E-state index contributed by atoms with van der Waals surface area (Å²) in [6, 6.07) is 10.8. The van der Waals surface area contributed by atoms with Crippen molar-refractivity contribution < 1.29 is 9.59 Å². The number of ketones is 1. The van der Waals surface area contributed by atoms with Gasteiger partial charge in [-0.1, -0.05) is 24.3 Å². The molecule has 0 bridgehead atoms. The van der Waals surface area contributed by atoms with Crippen molar-refractivity contribution in [3.8, 4) is 11.3 Å². The molecule has 9 heteroatoms. The first-order chi connectivity index (χ1) is 17.4. The minimum absolute atomic E-state index is 0.119. The Morgan fingerprint density at radius 1 is 1.14 bits per heavy atom. The molecule has 186 valence electrons. The second-order valence-corrected chi connectivity index (χ2v) is 8.81. The maximum Gasteiger partial charge on any atom is 0.250 e. The van der Waals surface area contributed by atoms with Gasteiger partial charge in [0.2, 0.25) is 11.7 Å². The van der Waals surface area contributed by atoms with E-state index in [4.69, 9.17) is 5.73 Å². The maximum atomic E-state index is 13.0. The Morgan fingerprint density at radius 2 is 1.92 bits per heavy atom. The Morgan fingerprint density at radius 3 is 2.61 bits per heavy atom. The number of rotatable bonds is 9. The van der Waals surface area contributed by atoms with Crippen LogP contribution in [0.15, 0.2) is 59.7 Å². The lowest BCUT2D eigenvalue weighted by Crippen LogP contribution is -2.31. The van der Waals surface area contributed by atoms with Gasteiger partial charge in [0.1, 0.15) is 5.69 Å². The fourth-order valence-electron chi connectivity index (χ4n) is 4.16. The molecule has 3 heterocycles. The van der Waals surface area contributed by atoms with Crippen LogP contribution in [0.1, 0.15) is 40.2 Å². The molecule has 4 rings (SSSR count). The van der Waals surface area contributed by atoms with Crippen molar-refractivity contribution in [2.75, 3.05) is 20.1 Å². The number of amides is 1. The molecule has 1 aliphatic rings. The van der Waals surface area contributed by atoms with E-state index in [1.54, 1.807) is 34.9 Å². The Labute approximate surface area is 209 Å². The number of nitrogens with two attached hydrogens (primary N) is 1. The average Bonchev–Trinajstić information content (AvgIpc) is 3.29. The number of carbonyl (C=O) groups is 2. The number of likely N-dealkylation sites (tertiary alicyclic amines) is 1. The summed E-state index contributed by atoms with van der Waals surface area (Å²) in [6.45, 7) is 4.04. The van der Waals surface area contributed by atoms with Gasteiger partial charge in [-0.2, -0.15) is 0 Å². The second kappa shape index (κ2) is 11.1. The lowest BCUT2D eigenvalue weighted by molar-refractivity contribution is -0.127. The fraction of sp³-hybridized carbons (Fsp3) is 0.296. The van der Waals surface area contributed by atoms with Crippen molar-refractivity contribution in [2.24, 2.45) is 5.73 Å². The second-order valence-electron chi connectivity index (χ2n) is 8.81. The van der Waals surface area contributed by atoms with Crippen LogP contribution in [0.2, 0.25) is 0 Å². The third-order valence-electron chi connectivity index (χ3n) is 6.21. The van der Waals surface area contributed by atoms with Crippen LogP contribution < -0.4 is 16.6 Å². The molecule has 1 saturated heterocycles. The van der Waals surface area contributed by atoms with Gasteiger partial charge < -0.3 is 20.5 Å². The van der Waals surface area contributed by atoms with E-state index in [2.05, 4.69) is 15.3 Å². The Kier molecular flexibility index (Phi) is 7.70. The van der Waals surface area contributed by atoms with Gasteiger partial charge in [-0.3, -0.25) is 19.4 Å². The van der Waals surface area contributed by atoms with Crippen molar-refractivity contribution >= 4 is 17.4 Å². The molecule has 0 unspecified atom stereocenters. The summed E-state index contributed by atoms with van der Waals surface area (Å²) in [5.41, 5.74) is 10.0. The zero-order chi connectivity index (χ0) is 25.7. The summed E-state index contributed by atoms with van der Waals surface area (Å²) >= 11 is 0. The van der Waals surface area contributed by atoms with Crippen LogP contribution in [0.5, 0.6) is 0 Å². The van der Waals surface area contributed by atoms with E-state index >= 15 is 0 Å². The van der Waals surface area contributed by atoms with Crippen LogP contribution in [0.4, 0.5) is 0 Å². The molecule has 9 nitrogen and oxygen atoms in total. The summed E-state index contributed by atoms with van der Waals surface area (Å²) in [5.74, 6) is -0.229. The van der Waals surface area contributed by atoms with Crippen LogP contribution >= 0.6 is 0 Å². The van der Waals surface area contributed by atoms with E-state index in [1.807, 2.05) is 31.3 Å². The molecule has 2 aromatic heterocycles. The number of pyridine rings is 1. The number of carbonyl (C=O) groups excluding carboxylic acids is 2. The van der Waals surface area contributed by atoms with Crippen molar-refractivity contribution in [3.05, 3.63) is 87.7 Å². The third-order valence-corrected chi connectivity index (χ3v) is 6.21. The standard InChI is InChI=1S/C27H30N6O3/c1-18-27(24(34)14-22(28)20-7-5-19(6-8-20)15-29-2)31-23(16-30-18)21-9-10-26(36)33(17-21)13-12-32-11-3-4-25(32)35/h5-10,14,16-17,29H,3-4,11-13,15,28H2,1-2H3/b22-14-. The first kappa shape index (κ1) is 25.0. The van der Waals surface area contributed by atoms with Crippen LogP contribution in [0.25, 0.3) is 17.0 Å². The average molecular weight is 487 g/mol. The molecule has 1 aliphatic heterocycles. The minimum Gasteiger partial charge on any atom is -0.398 e. The fourth-order valence-corrected chi connectivity index (χ4v) is 4.16. The number of aryl methyl sites for hydroxylation is 1. The molecule has 0 atom stereocenters. The smallest absolute Gasteiger partial charge is 0.250 e. The molecule has 0 saturated carbocycles. The predicted octanol–water partition coefficient (Wildman–Crippen LogP) is 2.14. The minimum atomic E-state index is -0.348. The predicted molar refractivity (Wildman–Crippen MR) is 138 cm³/mol. The third kappa shape index (κ3) is 5.75. The van der Waals surface area contributed by atoms with Gasteiger partial charge in [0.05, 0.1) is 17.6 Å². The molecule has 0 radical (unpaired) electrons. The molecule has 1 aromatic carbocycles. The van der Waals surface area contributed by atoms with Crippen LogP contribution in [-0.2, 0) is 17.9 Å². The zero-order valence-electron chi connectivity index (χ0n) is 20.5. The van der Waals surface area contributed by atoms with E-state index < -0.39 is 0 Å². The number of hydrogen-bond acceptors (Lipinski definition) is 7. The summed E-state index contributed by atoms with van der Waals surface area (Å²) < 4.78 is 1.56. The van der Waals surface area contributed by atoms with E-state index in [9.17, 15) is 14.4 Å². The van der Waals surface area contributed by atoms with Crippen molar-refractivity contribution in [1.29, 1.82) is 0 Å². The quantitative estimate of drug-likeness (QED) is 0.351. The van der Waals surface area contributed by atoms with Crippen LogP contribution in [0, 0.1) is 6.92 Å². The molecule has 0 spiro atoms. The van der Waals surface area contributed by atoms with Gasteiger partial charge in [-0.25, -0.2) is 4.98 Å². The number of nitrogens with zero attached hydrogens (tertiary/aromatic N) is 4. The molecular formula is C27H30N6O3. The summed E-state index contributed by atoms with van der Waals surface area (Å²) in [6.07, 6.45) is 6.04. The highest BCUT2D eigenvalue weighted by atomic mass is 16.2. The molecule has 3 aromatic rings. The van der Waals surface area contributed by atoms with E-state index in [0.717, 1.165) is 30.6 Å². The number of aromatic nitrogens is 3. The maximum absolute atomic E-state index is 13.0. The first-order valence-electron chi connectivity index (χ1n) is 11.9. The lowest BCUT2D eigenvalue weighted by atomic mass is 10.1. The first-order valence-corrected chi connectivity index (χ1v) is 11.9. The largest absolute Gasteiger partial charge is 0.398 e. The highest BCUT2D eigenvalue weighted by Gasteiger charge is 2.20. The van der Waals surface area contributed by atoms with E-state index in [0.29, 0.717) is 42.2 Å². The topological polar surface area (TPSA) is 123 Å². The summed E-state index contributed by atoms with van der Waals surface area (Å²) in [5, 5.41) is 3.09. The van der Waals surface area contributed by atoms with Crippen molar-refractivity contribution in [3.63, 3.8) is 0 Å². The normalized spacial score (nSPS) is 13.9. The molecule has 36 heavy (non-hydrogen) atoms. The summed E-state index contributed by atoms with van der Waals surface area (Å²) in [4.78, 5) is 48.0. The van der Waals surface area contributed by atoms with Gasteiger partial charge in [-0.05, 0) is 37.6 Å². The number of allylic oxidation sites excluding steroid dienone is 1. The highest BCUT2D eigenvalue weighted by molar-refractivity contribution is 6.07. The van der Waals surface area contributed by atoms with Crippen LogP contribution in [0.3, 0.4) is 0 Å². The van der Waals surface area contributed by atoms with Crippen molar-refractivity contribution in [1.82, 2.24) is 24.8 Å². The number of hydrogen-bond donors (Lipinski definition) is 2. The highest BCUT2D eigenvalue weighted by Crippen LogP contribution is 2.18. The number of nitrogens with one attached hydrogen (secondary N) is 1. The Bertz CT molecular complexity index is 1360. The van der Waals surface area contributed by atoms with Gasteiger partial charge in [0.15, 0.2) is 0 Å². The van der Waals surface area contributed by atoms with Crippen molar-refractivity contribution in [2.45, 2.75) is 32.9 Å². The molecule has 3 N–H and O–H groups in total. The molecule has 1 fully saturated rings. The number of benzene rings is 1. The van der Waals surface area contributed by atoms with E-state index in [1.165, 1.54) is 12.1 Å². The van der Waals surface area contributed by atoms with Gasteiger partial charge in [-0.15, -0.1) is 0 Å². The monoisotopic (exact) mass is 486 g/mol. The Balaban J connectivity index is 1.55. The van der Waals surface area contributed by atoms with E-state index in [-0.39, 0.29) is 22.9 Å². The summed E-state index contributed by atoms with van der Waals surface area (Å²) in [7, 11) is 1.88. The lowest BCUT2D eigenvalue weighted by Gasteiger charge is -2.16. The van der Waals surface area contributed by atoms with Gasteiger partial charge in [0, 0.05) is 62.2 Å². The zero-order valence-corrected chi connectivity index (χ0v) is 20.5. The van der Waals surface area contributed by atoms with Gasteiger partial charge in [0.25, 0.3) is 5.56 Å². The van der Waals surface area contributed by atoms with Crippen LogP contribution in [-0.4, -0.2) is 51.3 Å². The van der Waals surface area contributed by atoms with Gasteiger partial charge >= 0.3 is 0 Å². The SMILES string of the molecule is CNCc1ccc(/C(N)=C/C(=O)c2nc(-c3ccc(=O)n(CCN4CCCC4=O)c3)cnc2C)cc1. The molecule has 0 aliphatic carbocycles. The molecule has 1 amide bonds.